The van der Waals surface area contributed by atoms with Gasteiger partial charge in [0.05, 0.1) is 18.6 Å². The average molecular weight is 481 g/mol. The number of hydrogen-bond donors (Lipinski definition) is 3. The second-order valence-corrected chi connectivity index (χ2v) is 9.47. The Bertz CT molecular complexity index is 1060. The number of carbonyl (C=O) groups excluding carboxylic acids is 2. The average Bonchev–Trinajstić information content (AvgIpc) is 3.45. The molecule has 2 amide bonds. The standard InChI is InChI=1S/C27H32N2O6/c1-3-12-27(2,25(31)32)29-24(30)17-13-18(34-15-17)14-28-26(33)35-16-23-21-10-6-4-8-19(21)20-9-5-7-11-22(20)23/h4-11,17-18,23H,3,12-16H2,1-2H3,(H,28,33)(H,29,30)(H,31,32). The fourth-order valence-corrected chi connectivity index (χ4v) is 4.97. The zero-order valence-electron chi connectivity index (χ0n) is 20.1. The molecule has 0 bridgehead atoms. The third-order valence-electron chi connectivity index (χ3n) is 6.89. The van der Waals surface area contributed by atoms with Crippen molar-refractivity contribution in [2.45, 2.75) is 50.7 Å². The van der Waals surface area contributed by atoms with Crippen LogP contribution in [0.15, 0.2) is 48.5 Å². The van der Waals surface area contributed by atoms with Crippen LogP contribution in [-0.4, -0.2) is 54.5 Å². The molecule has 2 aromatic carbocycles. The van der Waals surface area contributed by atoms with Gasteiger partial charge in [0.15, 0.2) is 0 Å². The van der Waals surface area contributed by atoms with Crippen molar-refractivity contribution in [1.29, 1.82) is 0 Å². The molecule has 3 unspecified atom stereocenters. The molecular formula is C27H32N2O6. The van der Waals surface area contributed by atoms with Gasteiger partial charge in [-0.2, -0.15) is 0 Å². The van der Waals surface area contributed by atoms with Crippen LogP contribution in [0.25, 0.3) is 11.1 Å². The smallest absolute Gasteiger partial charge is 0.407 e. The van der Waals surface area contributed by atoms with Gasteiger partial charge in [0.1, 0.15) is 12.1 Å². The molecule has 2 aliphatic rings. The molecule has 0 aromatic heterocycles. The summed E-state index contributed by atoms with van der Waals surface area (Å²) < 4.78 is 11.2. The number of nitrogens with one attached hydrogen (secondary N) is 2. The number of fused-ring (bicyclic) bond motifs is 3. The van der Waals surface area contributed by atoms with Crippen molar-refractivity contribution in [1.82, 2.24) is 10.6 Å². The van der Waals surface area contributed by atoms with Crippen LogP contribution in [-0.2, 0) is 19.1 Å². The Morgan fingerprint density at radius 1 is 1.09 bits per heavy atom. The van der Waals surface area contributed by atoms with Crippen molar-refractivity contribution in [2.75, 3.05) is 19.8 Å². The van der Waals surface area contributed by atoms with E-state index < -0.39 is 23.5 Å². The van der Waals surface area contributed by atoms with Crippen LogP contribution in [0.2, 0.25) is 0 Å². The van der Waals surface area contributed by atoms with Crippen LogP contribution < -0.4 is 10.6 Å². The Morgan fingerprint density at radius 2 is 1.71 bits per heavy atom. The number of aliphatic carboxylic acids is 1. The minimum atomic E-state index is -1.30. The number of ether oxygens (including phenoxy) is 2. The Morgan fingerprint density at radius 3 is 2.31 bits per heavy atom. The van der Waals surface area contributed by atoms with Gasteiger partial charge in [0.25, 0.3) is 0 Å². The summed E-state index contributed by atoms with van der Waals surface area (Å²) in [4.78, 5) is 36.6. The van der Waals surface area contributed by atoms with Gasteiger partial charge in [-0.1, -0.05) is 61.9 Å². The van der Waals surface area contributed by atoms with Crippen molar-refractivity contribution in [3.63, 3.8) is 0 Å². The zero-order valence-corrected chi connectivity index (χ0v) is 20.1. The largest absolute Gasteiger partial charge is 0.480 e. The van der Waals surface area contributed by atoms with Crippen LogP contribution in [0, 0.1) is 5.92 Å². The molecule has 3 atom stereocenters. The lowest BCUT2D eigenvalue weighted by Gasteiger charge is -2.27. The van der Waals surface area contributed by atoms with Crippen molar-refractivity contribution in [3.8, 4) is 11.1 Å². The van der Waals surface area contributed by atoms with Crippen LogP contribution in [0.1, 0.15) is 50.2 Å². The maximum Gasteiger partial charge on any atom is 0.407 e. The summed E-state index contributed by atoms with van der Waals surface area (Å²) >= 11 is 0. The van der Waals surface area contributed by atoms with E-state index in [-0.39, 0.29) is 37.7 Å². The van der Waals surface area contributed by atoms with E-state index in [2.05, 4.69) is 34.9 Å². The lowest BCUT2D eigenvalue weighted by atomic mass is 9.94. The van der Waals surface area contributed by atoms with Gasteiger partial charge < -0.3 is 25.2 Å². The number of amides is 2. The number of carbonyl (C=O) groups is 3. The van der Waals surface area contributed by atoms with E-state index in [1.54, 1.807) is 0 Å². The molecule has 8 nitrogen and oxygen atoms in total. The highest BCUT2D eigenvalue weighted by Gasteiger charge is 2.38. The Kier molecular flexibility index (Phi) is 7.40. The molecular weight excluding hydrogens is 448 g/mol. The quantitative estimate of drug-likeness (QED) is 0.504. The molecule has 8 heteroatoms. The van der Waals surface area contributed by atoms with Gasteiger partial charge in [-0.05, 0) is 42.0 Å². The maximum atomic E-state index is 12.6. The molecule has 186 valence electrons. The molecule has 0 saturated carbocycles. The minimum Gasteiger partial charge on any atom is -0.480 e. The summed E-state index contributed by atoms with van der Waals surface area (Å²) in [7, 11) is 0. The van der Waals surface area contributed by atoms with Gasteiger partial charge in [-0.25, -0.2) is 9.59 Å². The summed E-state index contributed by atoms with van der Waals surface area (Å²) in [6, 6.07) is 16.3. The predicted molar refractivity (Wildman–Crippen MR) is 130 cm³/mol. The number of alkyl carbamates (subject to hydrolysis) is 1. The van der Waals surface area contributed by atoms with Crippen molar-refractivity contribution in [3.05, 3.63) is 59.7 Å². The fraction of sp³-hybridized carbons (Fsp3) is 0.444. The second-order valence-electron chi connectivity index (χ2n) is 9.47. The first-order chi connectivity index (χ1) is 16.8. The van der Waals surface area contributed by atoms with E-state index in [9.17, 15) is 19.5 Å². The van der Waals surface area contributed by atoms with Crippen LogP contribution in [0.3, 0.4) is 0 Å². The molecule has 2 aromatic rings. The van der Waals surface area contributed by atoms with Crippen LogP contribution in [0.5, 0.6) is 0 Å². The molecule has 1 saturated heterocycles. The normalized spacial score (nSPS) is 20.4. The van der Waals surface area contributed by atoms with E-state index in [4.69, 9.17) is 9.47 Å². The second kappa shape index (κ2) is 10.5. The third-order valence-corrected chi connectivity index (χ3v) is 6.89. The topological polar surface area (TPSA) is 114 Å². The highest BCUT2D eigenvalue weighted by Crippen LogP contribution is 2.44. The number of hydrogen-bond acceptors (Lipinski definition) is 5. The monoisotopic (exact) mass is 480 g/mol. The zero-order chi connectivity index (χ0) is 25.0. The van der Waals surface area contributed by atoms with Gasteiger partial charge in [-0.15, -0.1) is 0 Å². The number of carboxylic acids is 1. The van der Waals surface area contributed by atoms with Crippen LogP contribution in [0.4, 0.5) is 4.79 Å². The van der Waals surface area contributed by atoms with Crippen molar-refractivity contribution in [2.24, 2.45) is 5.92 Å². The number of rotatable bonds is 9. The SMILES string of the molecule is CCCC(C)(NC(=O)C1COC(CNC(=O)OCC2c3ccccc3-c3ccccc32)C1)C(=O)O. The molecule has 1 aliphatic carbocycles. The molecule has 35 heavy (non-hydrogen) atoms. The minimum absolute atomic E-state index is 0.0179. The summed E-state index contributed by atoms with van der Waals surface area (Å²) in [5.41, 5.74) is 3.32. The number of benzene rings is 2. The highest BCUT2D eigenvalue weighted by atomic mass is 16.5. The van der Waals surface area contributed by atoms with Crippen LogP contribution >= 0.6 is 0 Å². The van der Waals surface area contributed by atoms with E-state index in [0.717, 1.165) is 11.1 Å². The lowest BCUT2D eigenvalue weighted by molar-refractivity contribution is -0.147. The molecule has 1 heterocycles. The van der Waals surface area contributed by atoms with Crippen molar-refractivity contribution < 1.29 is 29.0 Å². The first-order valence-corrected chi connectivity index (χ1v) is 12.1. The van der Waals surface area contributed by atoms with Gasteiger partial charge in [-0.3, -0.25) is 4.79 Å². The Labute approximate surface area is 205 Å². The molecule has 1 fully saturated rings. The molecule has 3 N–H and O–H groups in total. The summed E-state index contributed by atoms with van der Waals surface area (Å²) in [5.74, 6) is -1.87. The van der Waals surface area contributed by atoms with Crippen molar-refractivity contribution >= 4 is 18.0 Å². The lowest BCUT2D eigenvalue weighted by Crippen LogP contribution is -2.53. The first-order valence-electron chi connectivity index (χ1n) is 12.1. The van der Waals surface area contributed by atoms with E-state index in [0.29, 0.717) is 19.3 Å². The summed E-state index contributed by atoms with van der Waals surface area (Å²) in [6.07, 6.45) is 0.501. The number of carboxylic acid groups (broad SMARTS) is 1. The van der Waals surface area contributed by atoms with E-state index >= 15 is 0 Å². The fourth-order valence-electron chi connectivity index (χ4n) is 4.97. The summed E-state index contributed by atoms with van der Waals surface area (Å²) in [5, 5.41) is 14.9. The van der Waals surface area contributed by atoms with E-state index in [1.165, 1.54) is 18.1 Å². The Balaban J connectivity index is 1.25. The van der Waals surface area contributed by atoms with Gasteiger partial charge >= 0.3 is 12.1 Å². The predicted octanol–water partition coefficient (Wildman–Crippen LogP) is 3.69. The van der Waals surface area contributed by atoms with Gasteiger partial charge in [0.2, 0.25) is 5.91 Å². The third kappa shape index (κ3) is 5.32. The highest BCUT2D eigenvalue weighted by molar-refractivity contribution is 5.88. The van der Waals surface area contributed by atoms with E-state index in [1.807, 2.05) is 31.2 Å². The van der Waals surface area contributed by atoms with Gasteiger partial charge in [0, 0.05) is 12.5 Å². The Hall–Kier alpha value is -3.39. The molecule has 1 aliphatic heterocycles. The summed E-state index contributed by atoms with van der Waals surface area (Å²) in [6.45, 7) is 4.01. The molecule has 4 rings (SSSR count). The first kappa shape index (κ1) is 24.7. The maximum absolute atomic E-state index is 12.6. The molecule has 0 spiro atoms. The molecule has 0 radical (unpaired) electrons.